The third kappa shape index (κ3) is 1.64. The van der Waals surface area contributed by atoms with Gasteiger partial charge in [-0.05, 0) is 0 Å². The van der Waals surface area contributed by atoms with Crippen molar-refractivity contribution in [3.8, 4) is 0 Å². The third-order valence-corrected chi connectivity index (χ3v) is 1.65. The normalized spacial score (nSPS) is 45.0. The Morgan fingerprint density at radius 1 is 1.44 bits per heavy atom. The fraction of sp³-hybridized carbons (Fsp3) is 1.00. The number of hydrogen-bond donors (Lipinski definition) is 2. The van der Waals surface area contributed by atoms with E-state index in [0.717, 1.165) is 0 Å². The second kappa shape index (κ2) is 2.64. The maximum absolute atomic E-state index is 9.11. The van der Waals surface area contributed by atoms with E-state index in [1.165, 1.54) is 0 Å². The van der Waals surface area contributed by atoms with Gasteiger partial charge in [-0.2, -0.15) is 0 Å². The molecule has 54 valence electrons. The zero-order chi connectivity index (χ0) is 6.85. The molecule has 0 amide bonds. The summed E-state index contributed by atoms with van der Waals surface area (Å²) in [6.45, 7) is 2.36. The number of rotatable bonds is 0. The molecule has 2 N–H and O–H groups in total. The molecule has 1 fully saturated rings. The highest BCUT2D eigenvalue weighted by molar-refractivity contribution is 4.69. The van der Waals surface area contributed by atoms with E-state index in [9.17, 15) is 0 Å². The van der Waals surface area contributed by atoms with Crippen molar-refractivity contribution in [2.24, 2.45) is 5.92 Å². The van der Waals surface area contributed by atoms with Crippen LogP contribution in [0.1, 0.15) is 13.3 Å². The first-order valence-corrected chi connectivity index (χ1v) is 3.18. The second-order valence-corrected chi connectivity index (χ2v) is 2.57. The summed E-state index contributed by atoms with van der Waals surface area (Å²) >= 11 is 0. The highest BCUT2D eigenvalue weighted by Gasteiger charge is 2.24. The SMILES string of the molecule is C[C@H]1CO[C@H](O)C[C@@H]1O. The molecule has 0 aromatic heterocycles. The Morgan fingerprint density at radius 2 is 2.11 bits per heavy atom. The summed E-state index contributed by atoms with van der Waals surface area (Å²) in [6.07, 6.45) is -0.800. The molecule has 0 unspecified atom stereocenters. The molecule has 3 atom stereocenters. The maximum atomic E-state index is 9.11. The van der Waals surface area contributed by atoms with Crippen LogP contribution in [0.15, 0.2) is 0 Å². The van der Waals surface area contributed by atoms with Crippen LogP contribution in [0.3, 0.4) is 0 Å². The van der Waals surface area contributed by atoms with Gasteiger partial charge in [-0.1, -0.05) is 6.92 Å². The Bertz CT molecular complexity index is 94.3. The molecular weight excluding hydrogens is 120 g/mol. The predicted octanol–water partition coefficient (Wildman–Crippen LogP) is -0.278. The van der Waals surface area contributed by atoms with Crippen LogP contribution >= 0.6 is 0 Å². The zero-order valence-corrected chi connectivity index (χ0v) is 5.45. The Labute approximate surface area is 54.3 Å². The van der Waals surface area contributed by atoms with E-state index in [1.54, 1.807) is 0 Å². The predicted molar refractivity (Wildman–Crippen MR) is 31.7 cm³/mol. The Balaban J connectivity index is 2.35. The largest absolute Gasteiger partial charge is 0.393 e. The number of ether oxygens (including phenoxy) is 1. The average molecular weight is 132 g/mol. The molecule has 1 aliphatic rings. The van der Waals surface area contributed by atoms with Crippen LogP contribution in [0.4, 0.5) is 0 Å². The van der Waals surface area contributed by atoms with Crippen LogP contribution in [0.25, 0.3) is 0 Å². The molecule has 0 radical (unpaired) electrons. The minimum absolute atomic E-state index is 0.161. The summed E-state index contributed by atoms with van der Waals surface area (Å²) in [4.78, 5) is 0. The maximum Gasteiger partial charge on any atom is 0.157 e. The van der Waals surface area contributed by atoms with Gasteiger partial charge in [0.2, 0.25) is 0 Å². The lowest BCUT2D eigenvalue weighted by molar-refractivity contribution is -0.172. The lowest BCUT2D eigenvalue weighted by Crippen LogP contribution is -2.35. The van der Waals surface area contributed by atoms with E-state index >= 15 is 0 Å². The lowest BCUT2D eigenvalue weighted by Gasteiger charge is -2.27. The van der Waals surface area contributed by atoms with Gasteiger partial charge in [0, 0.05) is 12.3 Å². The van der Waals surface area contributed by atoms with Crippen LogP contribution in [0, 0.1) is 5.92 Å². The van der Waals surface area contributed by atoms with E-state index in [2.05, 4.69) is 0 Å². The van der Waals surface area contributed by atoms with Crippen molar-refractivity contribution in [1.29, 1.82) is 0 Å². The average Bonchev–Trinajstić information content (AvgIpc) is 1.80. The third-order valence-electron chi connectivity index (χ3n) is 1.65. The zero-order valence-electron chi connectivity index (χ0n) is 5.45. The highest BCUT2D eigenvalue weighted by atomic mass is 16.6. The summed E-state index contributed by atoms with van der Waals surface area (Å²) in [5, 5.41) is 17.9. The van der Waals surface area contributed by atoms with Gasteiger partial charge in [0.1, 0.15) is 0 Å². The van der Waals surface area contributed by atoms with Crippen LogP contribution in [-0.4, -0.2) is 29.2 Å². The van der Waals surface area contributed by atoms with Crippen molar-refractivity contribution in [3.63, 3.8) is 0 Å². The molecule has 1 heterocycles. The van der Waals surface area contributed by atoms with Gasteiger partial charge in [0.15, 0.2) is 6.29 Å². The first-order chi connectivity index (χ1) is 4.20. The minimum Gasteiger partial charge on any atom is -0.393 e. The second-order valence-electron chi connectivity index (χ2n) is 2.57. The molecule has 0 saturated carbocycles. The van der Waals surface area contributed by atoms with Crippen molar-refractivity contribution in [3.05, 3.63) is 0 Å². The van der Waals surface area contributed by atoms with Crippen LogP contribution in [0.5, 0.6) is 0 Å². The van der Waals surface area contributed by atoms with Crippen molar-refractivity contribution in [2.75, 3.05) is 6.61 Å². The fourth-order valence-electron chi connectivity index (χ4n) is 0.881. The van der Waals surface area contributed by atoms with Crippen molar-refractivity contribution in [1.82, 2.24) is 0 Å². The molecule has 1 aliphatic heterocycles. The Morgan fingerprint density at radius 3 is 2.56 bits per heavy atom. The number of aliphatic hydroxyl groups excluding tert-OH is 2. The van der Waals surface area contributed by atoms with Crippen LogP contribution in [0.2, 0.25) is 0 Å². The van der Waals surface area contributed by atoms with Gasteiger partial charge in [-0.15, -0.1) is 0 Å². The molecule has 3 heteroatoms. The van der Waals surface area contributed by atoms with E-state index in [4.69, 9.17) is 14.9 Å². The van der Waals surface area contributed by atoms with E-state index in [0.29, 0.717) is 13.0 Å². The molecule has 1 rings (SSSR count). The van der Waals surface area contributed by atoms with Crippen molar-refractivity contribution < 1.29 is 14.9 Å². The Kier molecular flexibility index (Phi) is 2.05. The molecule has 0 aromatic rings. The molecule has 3 nitrogen and oxygen atoms in total. The van der Waals surface area contributed by atoms with Gasteiger partial charge in [-0.25, -0.2) is 0 Å². The van der Waals surface area contributed by atoms with Gasteiger partial charge >= 0.3 is 0 Å². The van der Waals surface area contributed by atoms with E-state index < -0.39 is 12.4 Å². The number of hydrogen-bond acceptors (Lipinski definition) is 3. The standard InChI is InChI=1S/C6H12O3/c1-4-3-9-6(8)2-5(4)7/h4-8H,2-3H2,1H3/t4-,5-,6-/m0/s1. The first kappa shape index (κ1) is 6.99. The summed E-state index contributed by atoms with van der Waals surface area (Å²) in [5.41, 5.74) is 0. The molecule has 9 heavy (non-hydrogen) atoms. The van der Waals surface area contributed by atoms with Crippen LogP contribution < -0.4 is 0 Å². The highest BCUT2D eigenvalue weighted by Crippen LogP contribution is 2.16. The van der Waals surface area contributed by atoms with Gasteiger partial charge in [-0.3, -0.25) is 0 Å². The fourth-order valence-corrected chi connectivity index (χ4v) is 0.881. The van der Waals surface area contributed by atoms with Crippen molar-refractivity contribution >= 4 is 0 Å². The molecule has 0 spiro atoms. The Hall–Kier alpha value is -0.120. The van der Waals surface area contributed by atoms with Crippen LogP contribution in [-0.2, 0) is 4.74 Å². The summed E-state index contributed by atoms with van der Waals surface area (Å²) in [5.74, 6) is 0.161. The van der Waals surface area contributed by atoms with Crippen molar-refractivity contribution in [2.45, 2.75) is 25.7 Å². The monoisotopic (exact) mass is 132 g/mol. The first-order valence-electron chi connectivity index (χ1n) is 3.18. The van der Waals surface area contributed by atoms with E-state index in [-0.39, 0.29) is 5.92 Å². The van der Waals surface area contributed by atoms with Gasteiger partial charge in [0.25, 0.3) is 0 Å². The molecule has 1 saturated heterocycles. The lowest BCUT2D eigenvalue weighted by atomic mass is 10.0. The van der Waals surface area contributed by atoms with Gasteiger partial charge < -0.3 is 14.9 Å². The van der Waals surface area contributed by atoms with Gasteiger partial charge in [0.05, 0.1) is 12.7 Å². The molecule has 0 bridgehead atoms. The smallest absolute Gasteiger partial charge is 0.157 e. The molecular formula is C6H12O3. The quantitative estimate of drug-likeness (QED) is 0.476. The summed E-state index contributed by atoms with van der Waals surface area (Å²) in [6, 6.07) is 0. The topological polar surface area (TPSA) is 49.7 Å². The summed E-state index contributed by atoms with van der Waals surface area (Å²) in [7, 11) is 0. The summed E-state index contributed by atoms with van der Waals surface area (Å²) < 4.78 is 4.86. The minimum atomic E-state index is -0.754. The molecule has 0 aliphatic carbocycles. The van der Waals surface area contributed by atoms with E-state index in [1.807, 2.05) is 6.92 Å². The molecule has 0 aromatic carbocycles. The number of aliphatic hydroxyl groups is 2.